The average molecular weight is 377 g/mol. The first-order valence-corrected chi connectivity index (χ1v) is 10.1. The van der Waals surface area contributed by atoms with E-state index in [-0.39, 0.29) is 23.8 Å². The molecule has 0 unspecified atom stereocenters. The molecule has 1 aromatic heterocycles. The van der Waals surface area contributed by atoms with Crippen LogP contribution in [-0.4, -0.2) is 39.7 Å². The Morgan fingerprint density at radius 3 is 2.79 bits per heavy atom. The van der Waals surface area contributed by atoms with Crippen LogP contribution in [-0.2, 0) is 16.1 Å². The molecule has 0 aliphatic carbocycles. The van der Waals surface area contributed by atoms with Crippen molar-refractivity contribution >= 4 is 11.8 Å². The molecular weight excluding hydrogens is 350 g/mol. The molecule has 5 heteroatoms. The van der Waals surface area contributed by atoms with Crippen molar-refractivity contribution in [3.05, 3.63) is 65.0 Å². The molecule has 2 atom stereocenters. The van der Waals surface area contributed by atoms with E-state index >= 15 is 0 Å². The fourth-order valence-electron chi connectivity index (χ4n) is 4.36. The molecule has 28 heavy (non-hydrogen) atoms. The van der Waals surface area contributed by atoms with Crippen molar-refractivity contribution in [2.24, 2.45) is 5.92 Å². The van der Waals surface area contributed by atoms with Crippen molar-refractivity contribution in [1.82, 2.24) is 14.8 Å². The highest BCUT2D eigenvalue weighted by atomic mass is 16.2. The summed E-state index contributed by atoms with van der Waals surface area (Å²) in [5, 5.41) is 0. The lowest BCUT2D eigenvalue weighted by Crippen LogP contribution is -2.37. The third-order valence-electron chi connectivity index (χ3n) is 6.09. The first kappa shape index (κ1) is 18.7. The highest BCUT2D eigenvalue weighted by molar-refractivity contribution is 5.89. The monoisotopic (exact) mass is 377 g/mol. The topological polar surface area (TPSA) is 53.5 Å². The van der Waals surface area contributed by atoms with Crippen LogP contribution in [0.2, 0.25) is 0 Å². The summed E-state index contributed by atoms with van der Waals surface area (Å²) in [4.78, 5) is 33.8. The van der Waals surface area contributed by atoms with Gasteiger partial charge in [-0.25, -0.2) is 0 Å². The second-order valence-corrected chi connectivity index (χ2v) is 8.03. The minimum absolute atomic E-state index is 0.0472. The summed E-state index contributed by atoms with van der Waals surface area (Å²) in [7, 11) is 0. The maximum atomic E-state index is 13.3. The van der Waals surface area contributed by atoms with Gasteiger partial charge < -0.3 is 9.80 Å². The number of hydrogen-bond donors (Lipinski definition) is 0. The predicted molar refractivity (Wildman–Crippen MR) is 107 cm³/mol. The molecule has 2 aromatic rings. The van der Waals surface area contributed by atoms with Crippen molar-refractivity contribution < 1.29 is 9.59 Å². The SMILES string of the molecule is Cc1ccc([C@@H]2CCCN2C(=O)[C@@H]2CC(=O)N(Cc3ccccn3)C2)cc1C. The van der Waals surface area contributed by atoms with E-state index in [1.807, 2.05) is 23.1 Å². The number of nitrogens with zero attached hydrogens (tertiary/aromatic N) is 3. The van der Waals surface area contributed by atoms with Crippen molar-refractivity contribution in [2.75, 3.05) is 13.1 Å². The number of benzene rings is 1. The lowest BCUT2D eigenvalue weighted by atomic mass is 9.98. The first-order chi connectivity index (χ1) is 13.5. The minimum Gasteiger partial charge on any atom is -0.336 e. The minimum atomic E-state index is -0.247. The van der Waals surface area contributed by atoms with Crippen LogP contribution in [0.15, 0.2) is 42.6 Å². The molecule has 4 rings (SSSR count). The largest absolute Gasteiger partial charge is 0.336 e. The second kappa shape index (κ2) is 7.74. The summed E-state index contributed by atoms with van der Waals surface area (Å²) in [5.74, 6) is -0.0770. The van der Waals surface area contributed by atoms with Gasteiger partial charge in [-0.3, -0.25) is 14.6 Å². The van der Waals surface area contributed by atoms with Crippen LogP contribution in [0.1, 0.15) is 47.7 Å². The molecule has 0 N–H and O–H groups in total. The Morgan fingerprint density at radius 2 is 2.04 bits per heavy atom. The summed E-state index contributed by atoms with van der Waals surface area (Å²) < 4.78 is 0. The van der Waals surface area contributed by atoms with Crippen LogP contribution in [0, 0.1) is 19.8 Å². The molecule has 2 aliphatic rings. The summed E-state index contributed by atoms with van der Waals surface area (Å²) in [6, 6.07) is 12.3. The van der Waals surface area contributed by atoms with Gasteiger partial charge in [0, 0.05) is 25.7 Å². The molecule has 0 saturated carbocycles. The molecule has 2 saturated heterocycles. The van der Waals surface area contributed by atoms with Gasteiger partial charge in [-0.2, -0.15) is 0 Å². The average Bonchev–Trinajstić information content (AvgIpc) is 3.32. The van der Waals surface area contributed by atoms with Crippen molar-refractivity contribution in [3.8, 4) is 0 Å². The number of carbonyl (C=O) groups is 2. The summed E-state index contributed by atoms with van der Waals surface area (Å²) in [6.07, 6.45) is 4.05. The van der Waals surface area contributed by atoms with Crippen LogP contribution < -0.4 is 0 Å². The van der Waals surface area contributed by atoms with E-state index in [1.165, 1.54) is 16.7 Å². The van der Waals surface area contributed by atoms with Crippen LogP contribution in [0.3, 0.4) is 0 Å². The molecule has 2 amide bonds. The van der Waals surface area contributed by atoms with Gasteiger partial charge >= 0.3 is 0 Å². The van der Waals surface area contributed by atoms with Crippen LogP contribution in [0.5, 0.6) is 0 Å². The Kier molecular flexibility index (Phi) is 5.16. The van der Waals surface area contributed by atoms with Crippen LogP contribution >= 0.6 is 0 Å². The standard InChI is InChI=1S/C23H27N3O2/c1-16-8-9-18(12-17(16)2)21-7-5-11-26(21)23(28)19-13-22(27)25(14-19)15-20-6-3-4-10-24-20/h3-4,6,8-10,12,19,21H,5,7,11,13-15H2,1-2H3/t19-,21+/m1/s1. The number of carbonyl (C=O) groups excluding carboxylic acids is 2. The van der Waals surface area contributed by atoms with E-state index in [2.05, 4.69) is 37.0 Å². The van der Waals surface area contributed by atoms with Gasteiger partial charge in [0.05, 0.1) is 24.2 Å². The molecule has 0 radical (unpaired) electrons. The number of rotatable bonds is 4. The van der Waals surface area contributed by atoms with Gasteiger partial charge in [-0.05, 0) is 55.5 Å². The van der Waals surface area contributed by atoms with Gasteiger partial charge in [0.15, 0.2) is 0 Å². The lowest BCUT2D eigenvalue weighted by Gasteiger charge is -2.28. The van der Waals surface area contributed by atoms with E-state index in [0.29, 0.717) is 19.5 Å². The quantitative estimate of drug-likeness (QED) is 0.820. The molecule has 1 aromatic carbocycles. The summed E-state index contributed by atoms with van der Waals surface area (Å²) in [6.45, 7) is 5.97. The maximum absolute atomic E-state index is 13.3. The summed E-state index contributed by atoms with van der Waals surface area (Å²) >= 11 is 0. The number of amides is 2. The molecule has 0 bridgehead atoms. The fourth-order valence-corrected chi connectivity index (χ4v) is 4.36. The molecule has 2 aliphatic heterocycles. The Balaban J connectivity index is 1.46. The van der Waals surface area contributed by atoms with Gasteiger partial charge in [0.2, 0.25) is 11.8 Å². The summed E-state index contributed by atoms with van der Waals surface area (Å²) in [5.41, 5.74) is 4.60. The second-order valence-electron chi connectivity index (χ2n) is 8.03. The molecule has 5 nitrogen and oxygen atoms in total. The van der Waals surface area contributed by atoms with E-state index in [1.54, 1.807) is 11.1 Å². The zero-order valence-corrected chi connectivity index (χ0v) is 16.6. The van der Waals surface area contributed by atoms with Crippen molar-refractivity contribution in [3.63, 3.8) is 0 Å². The smallest absolute Gasteiger partial charge is 0.228 e. The highest BCUT2D eigenvalue weighted by Crippen LogP contribution is 2.35. The third kappa shape index (κ3) is 3.66. The Hall–Kier alpha value is -2.69. The van der Waals surface area contributed by atoms with Crippen molar-refractivity contribution in [1.29, 1.82) is 0 Å². The molecular formula is C23H27N3O2. The molecule has 146 valence electrons. The first-order valence-electron chi connectivity index (χ1n) is 10.1. The fraction of sp³-hybridized carbons (Fsp3) is 0.435. The predicted octanol–water partition coefficient (Wildman–Crippen LogP) is 3.41. The number of aryl methyl sites for hydroxylation is 2. The number of aromatic nitrogens is 1. The number of hydrogen-bond acceptors (Lipinski definition) is 3. The molecule has 0 spiro atoms. The lowest BCUT2D eigenvalue weighted by molar-refractivity contribution is -0.136. The zero-order valence-electron chi connectivity index (χ0n) is 16.6. The van der Waals surface area contributed by atoms with Crippen LogP contribution in [0.25, 0.3) is 0 Å². The van der Waals surface area contributed by atoms with E-state index in [0.717, 1.165) is 25.1 Å². The maximum Gasteiger partial charge on any atom is 0.228 e. The molecule has 2 fully saturated rings. The van der Waals surface area contributed by atoms with Gasteiger partial charge in [0.1, 0.15) is 0 Å². The number of pyridine rings is 1. The Labute approximate surface area is 166 Å². The Bertz CT molecular complexity index is 881. The van der Waals surface area contributed by atoms with Crippen molar-refractivity contribution in [2.45, 2.75) is 45.7 Å². The van der Waals surface area contributed by atoms with Crippen LogP contribution in [0.4, 0.5) is 0 Å². The molecule has 3 heterocycles. The van der Waals surface area contributed by atoms with Gasteiger partial charge in [-0.1, -0.05) is 24.3 Å². The third-order valence-corrected chi connectivity index (χ3v) is 6.09. The number of likely N-dealkylation sites (tertiary alicyclic amines) is 2. The van der Waals surface area contributed by atoms with Gasteiger partial charge in [-0.15, -0.1) is 0 Å². The van der Waals surface area contributed by atoms with E-state index in [9.17, 15) is 9.59 Å². The van der Waals surface area contributed by atoms with E-state index in [4.69, 9.17) is 0 Å². The normalized spacial score (nSPS) is 22.1. The highest BCUT2D eigenvalue weighted by Gasteiger charge is 2.40. The van der Waals surface area contributed by atoms with Gasteiger partial charge in [0.25, 0.3) is 0 Å². The van der Waals surface area contributed by atoms with E-state index < -0.39 is 0 Å². The Morgan fingerprint density at radius 1 is 1.18 bits per heavy atom. The zero-order chi connectivity index (χ0) is 19.7.